The van der Waals surface area contributed by atoms with Gasteiger partial charge in [0, 0.05) is 5.41 Å². The summed E-state index contributed by atoms with van der Waals surface area (Å²) < 4.78 is 0.484. The lowest BCUT2D eigenvalue weighted by Crippen LogP contribution is -2.30. The van der Waals surface area contributed by atoms with Crippen molar-refractivity contribution < 1.29 is 19.8 Å². The Morgan fingerprint density at radius 1 is 1.27 bits per heavy atom. The molecule has 2 aromatic rings. The summed E-state index contributed by atoms with van der Waals surface area (Å²) >= 11 is 1.30. The van der Waals surface area contributed by atoms with Gasteiger partial charge in [0.15, 0.2) is 11.4 Å². The fourth-order valence-electron chi connectivity index (χ4n) is 1.83. The van der Waals surface area contributed by atoms with Gasteiger partial charge in [-0.3, -0.25) is 9.59 Å². The van der Waals surface area contributed by atoms with Crippen molar-refractivity contribution in [2.45, 2.75) is 33.1 Å². The minimum Gasteiger partial charge on any atom is -0.504 e. The maximum atomic E-state index is 12.0. The van der Waals surface area contributed by atoms with E-state index >= 15 is 0 Å². The van der Waals surface area contributed by atoms with Crippen molar-refractivity contribution in [1.82, 2.24) is 15.3 Å². The molecule has 0 aromatic carbocycles. The summed E-state index contributed by atoms with van der Waals surface area (Å²) in [6.45, 7) is 7.18. The molecule has 0 aliphatic rings. The number of hydrogen-bond acceptors (Lipinski definition) is 6. The number of amides is 1. The standard InChI is InChI=1S/C14H17N3O4S/c1-6-8-11(22-13(17-8)14(2,3)4)10(20)9(16-6)12(21)15-5-7(18)19/h20H,5H2,1-4H3,(H,15,21)(H,18,19). The van der Waals surface area contributed by atoms with E-state index < -0.39 is 18.4 Å². The summed E-state index contributed by atoms with van der Waals surface area (Å²) in [7, 11) is 0. The van der Waals surface area contributed by atoms with Gasteiger partial charge >= 0.3 is 5.97 Å². The lowest BCUT2D eigenvalue weighted by Gasteiger charge is -2.13. The van der Waals surface area contributed by atoms with Gasteiger partial charge in [-0.1, -0.05) is 20.8 Å². The molecule has 2 rings (SSSR count). The lowest BCUT2D eigenvalue weighted by atomic mass is 9.98. The van der Waals surface area contributed by atoms with Crippen LogP contribution in [0.2, 0.25) is 0 Å². The van der Waals surface area contributed by atoms with E-state index in [9.17, 15) is 14.7 Å². The van der Waals surface area contributed by atoms with Crippen LogP contribution in [0.15, 0.2) is 0 Å². The molecule has 8 heteroatoms. The summed E-state index contributed by atoms with van der Waals surface area (Å²) in [4.78, 5) is 31.0. The third-order valence-electron chi connectivity index (χ3n) is 2.95. The van der Waals surface area contributed by atoms with Crippen LogP contribution in [-0.2, 0) is 10.2 Å². The largest absolute Gasteiger partial charge is 0.504 e. The molecule has 2 aromatic heterocycles. The number of nitrogens with one attached hydrogen (secondary N) is 1. The highest BCUT2D eigenvalue weighted by atomic mass is 32.1. The second kappa shape index (κ2) is 5.53. The van der Waals surface area contributed by atoms with Crippen LogP contribution in [0.3, 0.4) is 0 Å². The predicted molar refractivity (Wildman–Crippen MR) is 82.5 cm³/mol. The van der Waals surface area contributed by atoms with Crippen molar-refractivity contribution >= 4 is 33.4 Å². The molecular formula is C14H17N3O4S. The fourth-order valence-corrected chi connectivity index (χ4v) is 2.95. The molecule has 1 amide bonds. The lowest BCUT2D eigenvalue weighted by molar-refractivity contribution is -0.135. The number of thiazole rings is 1. The molecule has 0 fully saturated rings. The quantitative estimate of drug-likeness (QED) is 0.794. The Morgan fingerprint density at radius 2 is 1.91 bits per heavy atom. The van der Waals surface area contributed by atoms with Gasteiger partial charge in [0.25, 0.3) is 5.91 Å². The van der Waals surface area contributed by atoms with Gasteiger partial charge in [-0.25, -0.2) is 9.97 Å². The van der Waals surface area contributed by atoms with Gasteiger partial charge in [0.05, 0.1) is 10.7 Å². The normalized spacial score (nSPS) is 11.6. The first-order valence-electron chi connectivity index (χ1n) is 6.62. The molecule has 0 bridgehead atoms. The number of aryl methyl sites for hydroxylation is 1. The number of hydrogen-bond donors (Lipinski definition) is 3. The summed E-state index contributed by atoms with van der Waals surface area (Å²) in [5, 5.41) is 21.9. The molecule has 0 spiro atoms. The zero-order valence-electron chi connectivity index (χ0n) is 12.7. The van der Waals surface area contributed by atoms with E-state index in [2.05, 4.69) is 15.3 Å². The first kappa shape index (κ1) is 16.2. The molecule has 2 heterocycles. The van der Waals surface area contributed by atoms with Crippen LogP contribution in [0.25, 0.3) is 10.2 Å². The van der Waals surface area contributed by atoms with Crippen LogP contribution in [0.4, 0.5) is 0 Å². The minimum absolute atomic E-state index is 0.185. The highest BCUT2D eigenvalue weighted by Crippen LogP contribution is 2.38. The fraction of sp³-hybridized carbons (Fsp3) is 0.429. The average Bonchev–Trinajstić information content (AvgIpc) is 2.86. The molecule has 0 aliphatic heterocycles. The van der Waals surface area contributed by atoms with E-state index in [1.54, 1.807) is 6.92 Å². The summed E-state index contributed by atoms with van der Waals surface area (Å²) in [5.41, 5.74) is 0.700. The smallest absolute Gasteiger partial charge is 0.322 e. The molecule has 0 atom stereocenters. The maximum Gasteiger partial charge on any atom is 0.322 e. The van der Waals surface area contributed by atoms with E-state index in [0.29, 0.717) is 15.9 Å². The Morgan fingerprint density at radius 3 is 2.45 bits per heavy atom. The first-order valence-corrected chi connectivity index (χ1v) is 7.43. The molecule has 0 saturated heterocycles. The molecule has 0 aliphatic carbocycles. The Labute approximate surface area is 131 Å². The van der Waals surface area contributed by atoms with Crippen LogP contribution in [-0.4, -0.2) is 38.6 Å². The van der Waals surface area contributed by atoms with Gasteiger partial charge in [-0.15, -0.1) is 11.3 Å². The zero-order valence-corrected chi connectivity index (χ0v) is 13.5. The molecule has 118 valence electrons. The number of aromatic hydroxyl groups is 1. The molecule has 3 N–H and O–H groups in total. The van der Waals surface area contributed by atoms with Gasteiger partial charge in [0.2, 0.25) is 0 Å². The van der Waals surface area contributed by atoms with Crippen LogP contribution in [0.1, 0.15) is 42.0 Å². The summed E-state index contributed by atoms with van der Waals surface area (Å²) in [5.74, 6) is -2.16. The van der Waals surface area contributed by atoms with Gasteiger partial charge < -0.3 is 15.5 Å². The number of aliphatic carboxylic acids is 1. The van der Waals surface area contributed by atoms with Crippen molar-refractivity contribution in [2.24, 2.45) is 0 Å². The van der Waals surface area contributed by atoms with Crippen LogP contribution in [0.5, 0.6) is 5.75 Å². The third kappa shape index (κ3) is 3.01. The molecule has 7 nitrogen and oxygen atoms in total. The Balaban J connectivity index is 2.52. The number of carboxylic acids is 1. The molecule has 0 radical (unpaired) electrons. The monoisotopic (exact) mass is 323 g/mol. The van der Waals surface area contributed by atoms with E-state index in [0.717, 1.165) is 5.01 Å². The number of rotatable bonds is 3. The second-order valence-corrected chi connectivity index (χ2v) is 6.92. The highest BCUT2D eigenvalue weighted by Gasteiger charge is 2.25. The predicted octanol–water partition coefficient (Wildman–Crippen LogP) is 1.82. The van der Waals surface area contributed by atoms with E-state index in [4.69, 9.17) is 5.11 Å². The van der Waals surface area contributed by atoms with E-state index in [-0.39, 0.29) is 16.9 Å². The highest BCUT2D eigenvalue weighted by molar-refractivity contribution is 7.19. The van der Waals surface area contributed by atoms with Crippen molar-refractivity contribution in [3.05, 3.63) is 16.4 Å². The summed E-state index contributed by atoms with van der Waals surface area (Å²) in [6.07, 6.45) is 0. The Hall–Kier alpha value is -2.22. The topological polar surface area (TPSA) is 112 Å². The second-order valence-electron chi connectivity index (χ2n) is 5.92. The Kier molecular flexibility index (Phi) is 4.06. The third-order valence-corrected chi connectivity index (χ3v) is 4.43. The molecule has 0 saturated carbocycles. The van der Waals surface area contributed by atoms with Crippen LogP contribution < -0.4 is 5.32 Å². The first-order chi connectivity index (χ1) is 10.1. The van der Waals surface area contributed by atoms with Crippen molar-refractivity contribution in [3.8, 4) is 5.75 Å². The van der Waals surface area contributed by atoms with Gasteiger partial charge in [-0.05, 0) is 6.92 Å². The number of carbonyl (C=O) groups excluding carboxylic acids is 1. The van der Waals surface area contributed by atoms with Crippen molar-refractivity contribution in [2.75, 3.05) is 6.54 Å². The van der Waals surface area contributed by atoms with E-state index in [1.807, 2.05) is 20.8 Å². The number of nitrogens with zero attached hydrogens (tertiary/aromatic N) is 2. The van der Waals surface area contributed by atoms with Crippen molar-refractivity contribution in [3.63, 3.8) is 0 Å². The number of carboxylic acid groups (broad SMARTS) is 1. The zero-order chi connectivity index (χ0) is 16.7. The van der Waals surface area contributed by atoms with E-state index in [1.165, 1.54) is 11.3 Å². The van der Waals surface area contributed by atoms with Crippen LogP contribution >= 0.6 is 11.3 Å². The average molecular weight is 323 g/mol. The number of pyridine rings is 1. The SMILES string of the molecule is Cc1nc(C(=O)NCC(=O)O)c(O)c2sc(C(C)(C)C)nc12. The maximum absolute atomic E-state index is 12.0. The number of aromatic nitrogens is 2. The number of fused-ring (bicyclic) bond motifs is 1. The minimum atomic E-state index is -1.17. The summed E-state index contributed by atoms with van der Waals surface area (Å²) in [6, 6.07) is 0. The van der Waals surface area contributed by atoms with Gasteiger partial charge in [-0.2, -0.15) is 0 Å². The molecular weight excluding hydrogens is 306 g/mol. The molecule has 0 unspecified atom stereocenters. The van der Waals surface area contributed by atoms with Crippen molar-refractivity contribution in [1.29, 1.82) is 0 Å². The van der Waals surface area contributed by atoms with Gasteiger partial charge in [0.1, 0.15) is 16.8 Å². The Bertz CT molecular complexity index is 762. The number of carbonyl (C=O) groups is 2. The molecule has 22 heavy (non-hydrogen) atoms. The van der Waals surface area contributed by atoms with Crippen LogP contribution in [0, 0.1) is 6.92 Å².